The number of ether oxygens (including phenoxy) is 1. The summed E-state index contributed by atoms with van der Waals surface area (Å²) in [6, 6.07) is 0. The number of rotatable bonds is 1. The Hall–Kier alpha value is -1.63. The van der Waals surface area contributed by atoms with Crippen LogP contribution >= 0.6 is 11.3 Å². The Morgan fingerprint density at radius 1 is 1.41 bits per heavy atom. The van der Waals surface area contributed by atoms with Crippen LogP contribution in [-0.2, 0) is 9.57 Å². The van der Waals surface area contributed by atoms with Crippen LogP contribution in [0.25, 0.3) is 0 Å². The van der Waals surface area contributed by atoms with Gasteiger partial charge in [0, 0.05) is 0 Å². The number of carbonyl (C=O) groups is 2. The zero-order chi connectivity index (χ0) is 13.1. The summed E-state index contributed by atoms with van der Waals surface area (Å²) in [4.78, 5) is 31.5. The van der Waals surface area contributed by atoms with Crippen molar-refractivity contribution in [3.8, 4) is 0 Å². The molecule has 0 saturated heterocycles. The summed E-state index contributed by atoms with van der Waals surface area (Å²) in [5.41, 5.74) is 3.37. The summed E-state index contributed by atoms with van der Waals surface area (Å²) in [6.07, 6.45) is -0.812. The largest absolute Gasteiger partial charge is 0.442 e. The Labute approximate surface area is 103 Å². The summed E-state index contributed by atoms with van der Waals surface area (Å²) in [6.45, 7) is 6.81. The number of aryl methyl sites for hydroxylation is 1. The van der Waals surface area contributed by atoms with Crippen LogP contribution < -0.4 is 5.48 Å². The molecular formula is C10H14N2O4S. The monoisotopic (exact) mass is 258 g/mol. The van der Waals surface area contributed by atoms with Gasteiger partial charge in [-0.25, -0.2) is 14.6 Å². The lowest BCUT2D eigenvalue weighted by molar-refractivity contribution is -0.00105. The van der Waals surface area contributed by atoms with Gasteiger partial charge >= 0.3 is 12.1 Å². The van der Waals surface area contributed by atoms with E-state index < -0.39 is 17.7 Å². The second-order valence-corrected chi connectivity index (χ2v) is 5.12. The Morgan fingerprint density at radius 2 is 2.06 bits per heavy atom. The molecule has 0 unspecified atom stereocenters. The SMILES string of the molecule is Cc1ncsc1C(=O)ONC(=O)OC(C)(C)C. The summed E-state index contributed by atoms with van der Waals surface area (Å²) >= 11 is 1.14. The van der Waals surface area contributed by atoms with Crippen molar-refractivity contribution in [3.05, 3.63) is 16.1 Å². The molecule has 0 spiro atoms. The van der Waals surface area contributed by atoms with Crippen molar-refractivity contribution in [2.24, 2.45) is 0 Å². The van der Waals surface area contributed by atoms with E-state index in [1.807, 2.05) is 5.48 Å². The Bertz CT molecular complexity index is 422. The van der Waals surface area contributed by atoms with Crippen LogP contribution in [0.1, 0.15) is 36.1 Å². The number of carbonyl (C=O) groups excluding carboxylic acids is 2. The third kappa shape index (κ3) is 4.39. The van der Waals surface area contributed by atoms with Crippen LogP contribution in [0.4, 0.5) is 4.79 Å². The lowest BCUT2D eigenvalue weighted by Gasteiger charge is -2.19. The lowest BCUT2D eigenvalue weighted by atomic mass is 10.2. The van der Waals surface area contributed by atoms with Crippen LogP contribution in [-0.4, -0.2) is 22.6 Å². The zero-order valence-electron chi connectivity index (χ0n) is 10.1. The van der Waals surface area contributed by atoms with Gasteiger partial charge in [-0.2, -0.15) is 0 Å². The molecule has 1 rings (SSSR count). The normalized spacial score (nSPS) is 10.8. The lowest BCUT2D eigenvalue weighted by Crippen LogP contribution is -2.34. The van der Waals surface area contributed by atoms with Crippen molar-refractivity contribution in [2.75, 3.05) is 0 Å². The average Bonchev–Trinajstić information content (AvgIpc) is 2.58. The van der Waals surface area contributed by atoms with Crippen LogP contribution in [0.3, 0.4) is 0 Å². The number of nitrogens with zero attached hydrogens (tertiary/aromatic N) is 1. The van der Waals surface area contributed by atoms with E-state index in [2.05, 4.69) is 9.82 Å². The van der Waals surface area contributed by atoms with E-state index in [1.54, 1.807) is 27.7 Å². The molecule has 0 aliphatic rings. The van der Waals surface area contributed by atoms with Crippen LogP contribution in [0.2, 0.25) is 0 Å². The summed E-state index contributed by atoms with van der Waals surface area (Å²) in [7, 11) is 0. The van der Waals surface area contributed by atoms with Gasteiger partial charge in [0.1, 0.15) is 10.5 Å². The van der Waals surface area contributed by atoms with E-state index in [-0.39, 0.29) is 0 Å². The maximum atomic E-state index is 11.5. The molecule has 0 fully saturated rings. The first kappa shape index (κ1) is 13.4. The van der Waals surface area contributed by atoms with Crippen molar-refractivity contribution < 1.29 is 19.2 Å². The third-order valence-electron chi connectivity index (χ3n) is 1.56. The molecule has 0 atom stereocenters. The standard InChI is InChI=1S/C10H14N2O4S/c1-6-7(17-5-11-6)8(13)16-12-9(14)15-10(2,3)4/h5H,1-4H3,(H,12,14). The number of hydrogen-bond donors (Lipinski definition) is 1. The Balaban J connectivity index is 2.45. The molecule has 0 saturated carbocycles. The van der Waals surface area contributed by atoms with Gasteiger partial charge in [-0.15, -0.1) is 16.8 Å². The van der Waals surface area contributed by atoms with E-state index in [9.17, 15) is 9.59 Å². The smallest absolute Gasteiger partial charge is 0.441 e. The molecular weight excluding hydrogens is 244 g/mol. The molecule has 1 aromatic rings. The summed E-state index contributed by atoms with van der Waals surface area (Å²) < 4.78 is 4.90. The molecule has 7 heteroatoms. The molecule has 94 valence electrons. The minimum atomic E-state index is -0.812. The topological polar surface area (TPSA) is 77.5 Å². The summed E-state index contributed by atoms with van der Waals surface area (Å²) in [5.74, 6) is -0.657. The van der Waals surface area contributed by atoms with Gasteiger partial charge in [-0.05, 0) is 27.7 Å². The fourth-order valence-electron chi connectivity index (χ4n) is 0.931. The molecule has 0 radical (unpaired) electrons. The van der Waals surface area contributed by atoms with Crippen molar-refractivity contribution >= 4 is 23.4 Å². The molecule has 1 aromatic heterocycles. The zero-order valence-corrected chi connectivity index (χ0v) is 10.9. The molecule has 0 aliphatic heterocycles. The van der Waals surface area contributed by atoms with Gasteiger partial charge in [0.15, 0.2) is 0 Å². The fraction of sp³-hybridized carbons (Fsp3) is 0.500. The van der Waals surface area contributed by atoms with Gasteiger partial charge in [0.05, 0.1) is 11.2 Å². The van der Waals surface area contributed by atoms with Crippen molar-refractivity contribution in [1.29, 1.82) is 0 Å². The highest BCUT2D eigenvalue weighted by Gasteiger charge is 2.19. The van der Waals surface area contributed by atoms with E-state index in [4.69, 9.17) is 4.74 Å². The number of nitrogens with one attached hydrogen (secondary N) is 1. The second-order valence-electron chi connectivity index (χ2n) is 4.26. The number of aromatic nitrogens is 1. The van der Waals surface area contributed by atoms with Gasteiger partial charge in [-0.3, -0.25) is 0 Å². The first-order valence-corrected chi connectivity index (χ1v) is 5.78. The van der Waals surface area contributed by atoms with E-state index in [0.29, 0.717) is 10.6 Å². The maximum absolute atomic E-state index is 11.5. The Morgan fingerprint density at radius 3 is 2.53 bits per heavy atom. The molecule has 6 nitrogen and oxygen atoms in total. The number of amides is 1. The van der Waals surface area contributed by atoms with E-state index in [0.717, 1.165) is 11.3 Å². The number of thiazole rings is 1. The maximum Gasteiger partial charge on any atom is 0.441 e. The van der Waals surface area contributed by atoms with Crippen molar-refractivity contribution in [3.63, 3.8) is 0 Å². The molecule has 0 aromatic carbocycles. The molecule has 0 aliphatic carbocycles. The van der Waals surface area contributed by atoms with Crippen molar-refractivity contribution in [1.82, 2.24) is 10.5 Å². The molecule has 1 heterocycles. The summed E-state index contributed by atoms with van der Waals surface area (Å²) in [5, 5.41) is 0. The fourth-order valence-corrected chi connectivity index (χ4v) is 1.61. The minimum Gasteiger partial charge on any atom is -0.442 e. The van der Waals surface area contributed by atoms with Gasteiger partial charge in [0.25, 0.3) is 0 Å². The highest BCUT2D eigenvalue weighted by Crippen LogP contribution is 2.13. The predicted octanol–water partition coefficient (Wildman–Crippen LogP) is 2.05. The first-order valence-electron chi connectivity index (χ1n) is 4.90. The average molecular weight is 258 g/mol. The number of hydroxylamine groups is 1. The molecule has 1 N–H and O–H groups in total. The molecule has 0 bridgehead atoms. The Kier molecular flexibility index (Phi) is 4.06. The van der Waals surface area contributed by atoms with E-state index >= 15 is 0 Å². The molecule has 17 heavy (non-hydrogen) atoms. The van der Waals surface area contributed by atoms with E-state index in [1.165, 1.54) is 5.51 Å². The van der Waals surface area contributed by atoms with Crippen LogP contribution in [0.15, 0.2) is 5.51 Å². The number of hydrogen-bond acceptors (Lipinski definition) is 6. The molecule has 1 amide bonds. The van der Waals surface area contributed by atoms with Crippen LogP contribution in [0.5, 0.6) is 0 Å². The van der Waals surface area contributed by atoms with Gasteiger partial charge < -0.3 is 9.57 Å². The minimum absolute atomic E-state index is 0.348. The van der Waals surface area contributed by atoms with Crippen LogP contribution in [0, 0.1) is 6.92 Å². The predicted molar refractivity (Wildman–Crippen MR) is 61.6 cm³/mol. The van der Waals surface area contributed by atoms with Crippen molar-refractivity contribution in [2.45, 2.75) is 33.3 Å². The second kappa shape index (κ2) is 5.13. The van der Waals surface area contributed by atoms with Gasteiger partial charge in [-0.1, -0.05) is 0 Å². The quantitative estimate of drug-likeness (QED) is 0.780. The third-order valence-corrected chi connectivity index (χ3v) is 2.47. The first-order chi connectivity index (χ1) is 7.79. The van der Waals surface area contributed by atoms with Gasteiger partial charge in [0.2, 0.25) is 0 Å². The highest BCUT2D eigenvalue weighted by atomic mass is 32.1. The highest BCUT2D eigenvalue weighted by molar-refractivity contribution is 7.11.